The highest BCUT2D eigenvalue weighted by atomic mass is 16.1. The molecule has 1 unspecified atom stereocenters. The first kappa shape index (κ1) is 12.7. The van der Waals surface area contributed by atoms with E-state index in [9.17, 15) is 4.79 Å². The molecule has 5 heteroatoms. The number of hydrogen-bond acceptors (Lipinski definition) is 3. The van der Waals surface area contributed by atoms with Crippen molar-refractivity contribution >= 4 is 11.7 Å². The number of anilines is 1. The lowest BCUT2D eigenvalue weighted by molar-refractivity contribution is -0.119. The third kappa shape index (κ3) is 3.34. The van der Waals surface area contributed by atoms with Crippen LogP contribution in [0.15, 0.2) is 6.20 Å². The Morgan fingerprint density at radius 1 is 1.69 bits per heavy atom. The fraction of sp³-hybridized carbons (Fsp3) is 0.636. The Kier molecular flexibility index (Phi) is 4.98. The van der Waals surface area contributed by atoms with Gasteiger partial charge in [0.1, 0.15) is 5.82 Å². The Balaban J connectivity index is 2.50. The molecule has 0 aromatic carbocycles. The first-order valence-electron chi connectivity index (χ1n) is 5.72. The molecule has 90 valence electrons. The van der Waals surface area contributed by atoms with Gasteiger partial charge < -0.3 is 11.1 Å². The fourth-order valence-corrected chi connectivity index (χ4v) is 1.49. The highest BCUT2D eigenvalue weighted by Gasteiger charge is 2.14. The summed E-state index contributed by atoms with van der Waals surface area (Å²) in [6.07, 6.45) is 4.28. The molecule has 0 radical (unpaired) electrons. The van der Waals surface area contributed by atoms with E-state index in [-0.39, 0.29) is 11.8 Å². The number of aryl methyl sites for hydroxylation is 1. The van der Waals surface area contributed by atoms with E-state index in [1.54, 1.807) is 6.20 Å². The minimum absolute atomic E-state index is 0.0171. The van der Waals surface area contributed by atoms with Gasteiger partial charge in [0.15, 0.2) is 0 Å². The van der Waals surface area contributed by atoms with Crippen LogP contribution < -0.4 is 11.1 Å². The Bertz CT molecular complexity index is 334. The van der Waals surface area contributed by atoms with Crippen molar-refractivity contribution in [3.8, 4) is 0 Å². The summed E-state index contributed by atoms with van der Waals surface area (Å²) in [7, 11) is 0. The number of carbonyl (C=O) groups excluding carboxylic acids is 1. The van der Waals surface area contributed by atoms with Crippen LogP contribution in [-0.2, 0) is 11.2 Å². The first-order valence-corrected chi connectivity index (χ1v) is 5.72. The number of nitrogens with two attached hydrogens (primary N) is 1. The van der Waals surface area contributed by atoms with Crippen LogP contribution in [-0.4, -0.2) is 22.6 Å². The number of carbonyl (C=O) groups is 1. The predicted molar refractivity (Wildman–Crippen MR) is 64.0 cm³/mol. The zero-order valence-electron chi connectivity index (χ0n) is 9.92. The number of H-pyrrole nitrogens is 1. The first-order chi connectivity index (χ1) is 7.69. The van der Waals surface area contributed by atoms with Crippen LogP contribution in [0.4, 0.5) is 5.82 Å². The molecule has 0 aliphatic rings. The normalized spacial score (nSPS) is 12.4. The van der Waals surface area contributed by atoms with Crippen molar-refractivity contribution in [1.82, 2.24) is 10.2 Å². The quantitative estimate of drug-likeness (QED) is 0.680. The van der Waals surface area contributed by atoms with Crippen LogP contribution in [0.2, 0.25) is 0 Å². The van der Waals surface area contributed by atoms with Crippen molar-refractivity contribution in [2.24, 2.45) is 11.7 Å². The maximum Gasteiger partial charge on any atom is 0.228 e. The van der Waals surface area contributed by atoms with Crippen LogP contribution >= 0.6 is 0 Å². The van der Waals surface area contributed by atoms with Gasteiger partial charge in [-0.2, -0.15) is 5.10 Å². The number of aromatic amines is 1. The second-order valence-electron chi connectivity index (χ2n) is 3.94. The van der Waals surface area contributed by atoms with Crippen molar-refractivity contribution in [1.29, 1.82) is 0 Å². The van der Waals surface area contributed by atoms with Crippen molar-refractivity contribution in [3.63, 3.8) is 0 Å². The molecule has 16 heavy (non-hydrogen) atoms. The zero-order chi connectivity index (χ0) is 12.0. The number of hydrogen-bond donors (Lipinski definition) is 3. The second-order valence-corrected chi connectivity index (χ2v) is 3.94. The van der Waals surface area contributed by atoms with Gasteiger partial charge in [-0.25, -0.2) is 0 Å². The summed E-state index contributed by atoms with van der Waals surface area (Å²) in [6, 6.07) is 0. The third-order valence-electron chi connectivity index (χ3n) is 2.64. The molecular weight excluding hydrogens is 204 g/mol. The maximum absolute atomic E-state index is 11.8. The molecule has 0 spiro atoms. The topological polar surface area (TPSA) is 83.8 Å². The van der Waals surface area contributed by atoms with Crippen LogP contribution in [0.5, 0.6) is 0 Å². The molecule has 0 aliphatic carbocycles. The van der Waals surface area contributed by atoms with Gasteiger partial charge in [-0.15, -0.1) is 0 Å². The molecule has 0 aliphatic heterocycles. The van der Waals surface area contributed by atoms with Crippen molar-refractivity contribution in [3.05, 3.63) is 11.8 Å². The predicted octanol–water partition coefficient (Wildman–Crippen LogP) is 1.29. The Labute approximate surface area is 95.8 Å². The number of nitrogens with one attached hydrogen (secondary N) is 2. The van der Waals surface area contributed by atoms with E-state index in [0.29, 0.717) is 12.4 Å². The minimum Gasteiger partial charge on any atom is -0.330 e. The number of rotatable bonds is 6. The highest BCUT2D eigenvalue weighted by Crippen LogP contribution is 2.14. The Morgan fingerprint density at radius 3 is 3.06 bits per heavy atom. The SMILES string of the molecule is CCc1cn[nH]c1NC(=O)C(C)CCCN. The summed E-state index contributed by atoms with van der Waals surface area (Å²) in [4.78, 5) is 11.8. The number of aromatic nitrogens is 2. The van der Waals surface area contributed by atoms with E-state index >= 15 is 0 Å². The average Bonchev–Trinajstić information content (AvgIpc) is 2.72. The van der Waals surface area contributed by atoms with Gasteiger partial charge >= 0.3 is 0 Å². The van der Waals surface area contributed by atoms with E-state index in [2.05, 4.69) is 15.5 Å². The summed E-state index contributed by atoms with van der Waals surface area (Å²) in [5.41, 5.74) is 6.44. The van der Waals surface area contributed by atoms with Crippen LogP contribution in [0.3, 0.4) is 0 Å². The van der Waals surface area contributed by atoms with Gasteiger partial charge in [0.25, 0.3) is 0 Å². The molecule has 1 atom stereocenters. The molecule has 4 N–H and O–H groups in total. The third-order valence-corrected chi connectivity index (χ3v) is 2.64. The standard InChI is InChI=1S/C11H20N4O/c1-3-9-7-13-15-10(9)14-11(16)8(2)5-4-6-12/h7-8H,3-6,12H2,1-2H3,(H2,13,14,15,16). The van der Waals surface area contributed by atoms with E-state index in [1.165, 1.54) is 0 Å². The van der Waals surface area contributed by atoms with Crippen LogP contribution in [0, 0.1) is 5.92 Å². The minimum atomic E-state index is -0.0171. The average molecular weight is 224 g/mol. The molecule has 0 saturated carbocycles. The van der Waals surface area contributed by atoms with Gasteiger partial charge in [-0.05, 0) is 25.8 Å². The number of nitrogens with zero attached hydrogens (tertiary/aromatic N) is 1. The van der Waals surface area contributed by atoms with E-state index in [4.69, 9.17) is 5.73 Å². The van der Waals surface area contributed by atoms with Crippen LogP contribution in [0.1, 0.15) is 32.3 Å². The Morgan fingerprint density at radius 2 is 2.44 bits per heavy atom. The summed E-state index contributed by atoms with van der Waals surface area (Å²) in [6.45, 7) is 4.56. The van der Waals surface area contributed by atoms with Gasteiger partial charge in [0.2, 0.25) is 5.91 Å². The van der Waals surface area contributed by atoms with E-state index < -0.39 is 0 Å². The van der Waals surface area contributed by atoms with Gasteiger partial charge in [0, 0.05) is 11.5 Å². The lowest BCUT2D eigenvalue weighted by atomic mass is 10.0. The molecule has 1 amide bonds. The maximum atomic E-state index is 11.8. The van der Waals surface area contributed by atoms with Gasteiger partial charge in [0.05, 0.1) is 6.20 Å². The molecule has 5 nitrogen and oxygen atoms in total. The van der Waals surface area contributed by atoms with E-state index in [1.807, 2.05) is 13.8 Å². The second kappa shape index (κ2) is 6.27. The molecule has 1 heterocycles. The lowest BCUT2D eigenvalue weighted by Gasteiger charge is -2.11. The van der Waals surface area contributed by atoms with Crippen molar-refractivity contribution in [2.45, 2.75) is 33.1 Å². The van der Waals surface area contributed by atoms with Crippen LogP contribution in [0.25, 0.3) is 0 Å². The van der Waals surface area contributed by atoms with Gasteiger partial charge in [-0.1, -0.05) is 13.8 Å². The molecule has 0 bridgehead atoms. The van der Waals surface area contributed by atoms with Crippen molar-refractivity contribution in [2.75, 3.05) is 11.9 Å². The number of amides is 1. The fourth-order valence-electron chi connectivity index (χ4n) is 1.49. The smallest absolute Gasteiger partial charge is 0.228 e. The summed E-state index contributed by atoms with van der Waals surface area (Å²) < 4.78 is 0. The molecular formula is C11H20N4O. The molecule has 0 saturated heterocycles. The molecule has 0 fully saturated rings. The monoisotopic (exact) mass is 224 g/mol. The van der Waals surface area contributed by atoms with E-state index in [0.717, 1.165) is 24.8 Å². The summed E-state index contributed by atoms with van der Waals surface area (Å²) in [5.74, 6) is 0.719. The molecule has 1 rings (SSSR count). The Hall–Kier alpha value is -1.36. The lowest BCUT2D eigenvalue weighted by Crippen LogP contribution is -2.22. The summed E-state index contributed by atoms with van der Waals surface area (Å²) >= 11 is 0. The largest absolute Gasteiger partial charge is 0.330 e. The summed E-state index contributed by atoms with van der Waals surface area (Å²) in [5, 5.41) is 9.55. The molecule has 1 aromatic heterocycles. The highest BCUT2D eigenvalue weighted by molar-refractivity contribution is 5.91. The van der Waals surface area contributed by atoms with Gasteiger partial charge in [-0.3, -0.25) is 9.89 Å². The van der Waals surface area contributed by atoms with Crippen molar-refractivity contribution < 1.29 is 4.79 Å². The zero-order valence-corrected chi connectivity index (χ0v) is 9.92. The molecule has 1 aromatic rings.